The topological polar surface area (TPSA) is 58.2 Å². The first-order valence-corrected chi connectivity index (χ1v) is 8.48. The lowest BCUT2D eigenvalue weighted by Crippen LogP contribution is -2.46. The van der Waals surface area contributed by atoms with E-state index in [0.29, 0.717) is 5.92 Å². The number of hydrogen-bond donors (Lipinski definition) is 2. The third-order valence-electron chi connectivity index (χ3n) is 2.76. The van der Waals surface area contributed by atoms with Crippen LogP contribution in [0.3, 0.4) is 0 Å². The minimum absolute atomic E-state index is 0.0990. The van der Waals surface area contributed by atoms with Crippen LogP contribution in [0.1, 0.15) is 54.4 Å². The van der Waals surface area contributed by atoms with Crippen molar-refractivity contribution >= 4 is 10.0 Å². The largest absolute Gasteiger partial charge is 0.312 e. The van der Waals surface area contributed by atoms with Gasteiger partial charge >= 0.3 is 0 Å². The predicted octanol–water partition coefficient (Wildman–Crippen LogP) is 2.12. The van der Waals surface area contributed by atoms with Crippen LogP contribution in [0.25, 0.3) is 0 Å². The summed E-state index contributed by atoms with van der Waals surface area (Å²) >= 11 is 0. The highest BCUT2D eigenvalue weighted by Gasteiger charge is 2.26. The molecule has 0 fully saturated rings. The maximum Gasteiger partial charge on any atom is 0.209 e. The van der Waals surface area contributed by atoms with Gasteiger partial charge in [0.1, 0.15) is 0 Å². The molecule has 0 aliphatic carbocycles. The van der Waals surface area contributed by atoms with Crippen molar-refractivity contribution < 1.29 is 8.42 Å². The maximum absolute atomic E-state index is 11.3. The quantitative estimate of drug-likeness (QED) is 0.750. The van der Waals surface area contributed by atoms with Crippen molar-refractivity contribution in [3.63, 3.8) is 0 Å². The van der Waals surface area contributed by atoms with E-state index in [4.69, 9.17) is 0 Å². The molecular weight excluding hydrogens is 248 g/mol. The summed E-state index contributed by atoms with van der Waals surface area (Å²) in [6, 6.07) is 0. The molecule has 2 N–H and O–H groups in total. The molecule has 0 saturated heterocycles. The second kappa shape index (κ2) is 6.35. The van der Waals surface area contributed by atoms with Crippen molar-refractivity contribution in [3.05, 3.63) is 0 Å². The molecule has 0 saturated carbocycles. The normalized spacial score (nSPS) is 15.7. The van der Waals surface area contributed by atoms with Crippen molar-refractivity contribution in [2.75, 3.05) is 12.8 Å². The molecule has 0 aromatic carbocycles. The molecule has 0 amide bonds. The van der Waals surface area contributed by atoms with E-state index in [1.807, 2.05) is 13.8 Å². The summed E-state index contributed by atoms with van der Waals surface area (Å²) in [7, 11) is -3.15. The molecule has 0 rings (SSSR count). The van der Waals surface area contributed by atoms with E-state index in [9.17, 15) is 8.42 Å². The first kappa shape index (κ1) is 17.9. The van der Waals surface area contributed by atoms with E-state index in [1.54, 1.807) is 0 Å². The Hall–Kier alpha value is -0.130. The zero-order valence-electron chi connectivity index (χ0n) is 12.9. The first-order valence-electron chi connectivity index (χ1n) is 6.58. The van der Waals surface area contributed by atoms with Gasteiger partial charge in [-0.1, -0.05) is 13.3 Å². The number of nitrogens with one attached hydrogen (secondary N) is 2. The molecule has 0 heterocycles. The van der Waals surface area contributed by atoms with Gasteiger partial charge in [-0.2, -0.15) is 0 Å². The third-order valence-corrected chi connectivity index (χ3v) is 3.68. The fraction of sp³-hybridized carbons (Fsp3) is 1.00. The highest BCUT2D eigenvalue weighted by atomic mass is 32.2. The van der Waals surface area contributed by atoms with Gasteiger partial charge in [-0.25, -0.2) is 13.1 Å². The summed E-state index contributed by atoms with van der Waals surface area (Å²) in [5, 5.41) is 3.48. The molecule has 18 heavy (non-hydrogen) atoms. The van der Waals surface area contributed by atoms with Crippen molar-refractivity contribution in [2.45, 2.75) is 65.5 Å². The van der Waals surface area contributed by atoms with Crippen molar-refractivity contribution in [1.82, 2.24) is 10.0 Å². The van der Waals surface area contributed by atoms with Crippen LogP contribution in [0.15, 0.2) is 0 Å². The average molecular weight is 278 g/mol. The summed E-state index contributed by atoms with van der Waals surface area (Å²) in [6.45, 7) is 13.3. The van der Waals surface area contributed by atoms with Crippen molar-refractivity contribution in [2.24, 2.45) is 5.92 Å². The smallest absolute Gasteiger partial charge is 0.209 e. The molecule has 1 atom stereocenters. The van der Waals surface area contributed by atoms with Crippen LogP contribution in [-0.2, 0) is 10.0 Å². The zero-order chi connectivity index (χ0) is 14.6. The van der Waals surface area contributed by atoms with E-state index >= 15 is 0 Å². The van der Waals surface area contributed by atoms with Crippen LogP contribution >= 0.6 is 0 Å². The van der Waals surface area contributed by atoms with Gasteiger partial charge in [0.25, 0.3) is 0 Å². The van der Waals surface area contributed by atoms with Gasteiger partial charge in [0.05, 0.1) is 6.26 Å². The lowest BCUT2D eigenvalue weighted by Gasteiger charge is -2.31. The molecule has 0 radical (unpaired) electrons. The van der Waals surface area contributed by atoms with E-state index in [2.05, 4.69) is 37.7 Å². The minimum atomic E-state index is -3.15. The monoisotopic (exact) mass is 278 g/mol. The third kappa shape index (κ3) is 9.85. The standard InChI is InChI=1S/C13H30N2O2S/c1-8-11(10-14-12(2,3)4)9-13(5,6)15-18(7,16)17/h11,14-15H,8-10H2,1-7H3. The second-order valence-electron chi connectivity index (χ2n) is 6.87. The molecule has 110 valence electrons. The summed E-state index contributed by atoms with van der Waals surface area (Å²) < 4.78 is 25.3. The molecular formula is C13H30N2O2S. The van der Waals surface area contributed by atoms with Crippen LogP contribution < -0.4 is 10.0 Å². The number of rotatable bonds is 7. The van der Waals surface area contributed by atoms with E-state index in [0.717, 1.165) is 19.4 Å². The van der Waals surface area contributed by atoms with Gasteiger partial charge < -0.3 is 5.32 Å². The molecule has 0 aromatic rings. The summed E-state index contributed by atoms with van der Waals surface area (Å²) in [4.78, 5) is 0. The Morgan fingerprint density at radius 2 is 1.61 bits per heavy atom. The second-order valence-corrected chi connectivity index (χ2v) is 8.62. The SMILES string of the molecule is CCC(CNC(C)(C)C)CC(C)(C)NS(C)(=O)=O. The molecule has 4 nitrogen and oxygen atoms in total. The minimum Gasteiger partial charge on any atom is -0.312 e. The Morgan fingerprint density at radius 1 is 1.11 bits per heavy atom. The van der Waals surface area contributed by atoms with Crippen molar-refractivity contribution in [3.8, 4) is 0 Å². The summed E-state index contributed by atoms with van der Waals surface area (Å²) in [5.74, 6) is 0.466. The summed E-state index contributed by atoms with van der Waals surface area (Å²) in [6.07, 6.45) is 3.08. The highest BCUT2D eigenvalue weighted by molar-refractivity contribution is 7.88. The predicted molar refractivity (Wildman–Crippen MR) is 78.2 cm³/mol. The van der Waals surface area contributed by atoms with Gasteiger partial charge in [0, 0.05) is 11.1 Å². The average Bonchev–Trinajstić information content (AvgIpc) is 2.06. The lowest BCUT2D eigenvalue weighted by molar-refractivity contribution is 0.291. The Kier molecular flexibility index (Phi) is 6.30. The summed E-state index contributed by atoms with van der Waals surface area (Å²) in [5.41, 5.74) is -0.296. The molecule has 0 aliphatic rings. The van der Waals surface area contributed by atoms with E-state index in [1.165, 1.54) is 6.26 Å². The van der Waals surface area contributed by atoms with Crippen molar-refractivity contribution in [1.29, 1.82) is 0 Å². The maximum atomic E-state index is 11.3. The Balaban J connectivity index is 4.44. The Bertz CT molecular complexity index is 342. The zero-order valence-corrected chi connectivity index (χ0v) is 13.7. The van der Waals surface area contributed by atoms with E-state index in [-0.39, 0.29) is 5.54 Å². The first-order chi connectivity index (χ1) is 7.85. The van der Waals surface area contributed by atoms with Gasteiger partial charge in [-0.05, 0) is 53.5 Å². The van der Waals surface area contributed by atoms with Crippen LogP contribution in [0.5, 0.6) is 0 Å². The molecule has 0 aromatic heterocycles. The van der Waals surface area contributed by atoms with Gasteiger partial charge in [-0.3, -0.25) is 0 Å². The van der Waals surface area contributed by atoms with Crippen LogP contribution in [0.2, 0.25) is 0 Å². The lowest BCUT2D eigenvalue weighted by atomic mass is 9.89. The Labute approximate surface area is 113 Å². The highest BCUT2D eigenvalue weighted by Crippen LogP contribution is 2.20. The molecule has 0 aliphatic heterocycles. The fourth-order valence-corrected chi connectivity index (χ4v) is 3.16. The Morgan fingerprint density at radius 3 is 1.94 bits per heavy atom. The number of hydrogen-bond acceptors (Lipinski definition) is 3. The molecule has 0 spiro atoms. The van der Waals surface area contributed by atoms with Gasteiger partial charge in [-0.15, -0.1) is 0 Å². The van der Waals surface area contributed by atoms with Gasteiger partial charge in [0.2, 0.25) is 10.0 Å². The molecule has 0 bridgehead atoms. The van der Waals surface area contributed by atoms with Crippen LogP contribution in [0.4, 0.5) is 0 Å². The van der Waals surface area contributed by atoms with Crippen LogP contribution in [-0.4, -0.2) is 32.3 Å². The van der Waals surface area contributed by atoms with Gasteiger partial charge in [0.15, 0.2) is 0 Å². The number of sulfonamides is 1. The molecule has 1 unspecified atom stereocenters. The molecule has 5 heteroatoms. The fourth-order valence-electron chi connectivity index (χ4n) is 2.08. The van der Waals surface area contributed by atoms with E-state index < -0.39 is 15.6 Å². The van der Waals surface area contributed by atoms with Crippen LogP contribution in [0, 0.1) is 5.92 Å².